The summed E-state index contributed by atoms with van der Waals surface area (Å²) >= 11 is 0. The van der Waals surface area contributed by atoms with Crippen LogP contribution in [0.25, 0.3) is 0 Å². The highest BCUT2D eigenvalue weighted by atomic mass is 32.2. The van der Waals surface area contributed by atoms with Crippen LogP contribution in [0.2, 0.25) is 0 Å². The van der Waals surface area contributed by atoms with Gasteiger partial charge in [-0.05, 0) is 32.7 Å². The third-order valence-electron chi connectivity index (χ3n) is 3.01. The highest BCUT2D eigenvalue weighted by Crippen LogP contribution is 2.13. The molecule has 2 N–H and O–H groups in total. The van der Waals surface area contributed by atoms with Crippen molar-refractivity contribution in [1.82, 2.24) is 10.3 Å². The Morgan fingerprint density at radius 2 is 2.39 bits per heavy atom. The molecule has 0 radical (unpaired) electrons. The molecular weight excluding hydrogens is 254 g/mol. The van der Waals surface area contributed by atoms with Crippen molar-refractivity contribution in [3.05, 3.63) is 12.0 Å². The van der Waals surface area contributed by atoms with Crippen LogP contribution in [-0.4, -0.2) is 31.7 Å². The Morgan fingerprint density at radius 3 is 3.00 bits per heavy atom. The van der Waals surface area contributed by atoms with Gasteiger partial charge in [0.05, 0.1) is 11.4 Å². The number of piperidine rings is 1. The van der Waals surface area contributed by atoms with Gasteiger partial charge in [0, 0.05) is 6.04 Å². The van der Waals surface area contributed by atoms with Gasteiger partial charge in [0.1, 0.15) is 6.26 Å². The lowest BCUT2D eigenvalue weighted by molar-refractivity contribution is 0.393. The van der Waals surface area contributed by atoms with E-state index in [1.807, 2.05) is 0 Å². The summed E-state index contributed by atoms with van der Waals surface area (Å²) in [7, 11) is -3.37. The highest BCUT2D eigenvalue weighted by molar-refractivity contribution is 7.92. The summed E-state index contributed by atoms with van der Waals surface area (Å²) < 4.78 is 30.9. The van der Waals surface area contributed by atoms with Crippen LogP contribution in [0.5, 0.6) is 0 Å². The fourth-order valence-electron chi connectivity index (χ4n) is 2.05. The van der Waals surface area contributed by atoms with Crippen LogP contribution in [-0.2, 0) is 10.0 Å². The number of aromatic nitrogens is 1. The van der Waals surface area contributed by atoms with Crippen LogP contribution < -0.4 is 10.0 Å². The minimum atomic E-state index is -3.37. The maximum absolute atomic E-state index is 11.8. The van der Waals surface area contributed by atoms with E-state index in [0.717, 1.165) is 13.0 Å². The molecule has 0 bridgehead atoms. The lowest BCUT2D eigenvalue weighted by Gasteiger charge is -2.23. The molecule has 102 valence electrons. The number of sulfonamides is 1. The number of anilines is 1. The number of nitrogens with zero attached hydrogens (tertiary/aromatic N) is 1. The second kappa shape index (κ2) is 5.71. The standard InChI is InChI=1S/C11H19N3O3S/c1-9-8-17-11(13-9)14-18(15,16)7-5-10-4-2-3-6-12-10/h8,10,12H,2-7H2,1H3,(H,13,14). The van der Waals surface area contributed by atoms with Crippen molar-refractivity contribution in [3.8, 4) is 0 Å². The zero-order valence-corrected chi connectivity index (χ0v) is 11.3. The molecule has 1 fully saturated rings. The molecule has 2 heterocycles. The van der Waals surface area contributed by atoms with E-state index in [2.05, 4.69) is 15.0 Å². The summed E-state index contributed by atoms with van der Waals surface area (Å²) in [6.45, 7) is 2.73. The SMILES string of the molecule is Cc1coc(NS(=O)(=O)CCC2CCCCN2)n1. The van der Waals surface area contributed by atoms with Gasteiger partial charge in [-0.2, -0.15) is 4.98 Å². The molecule has 1 aliphatic rings. The van der Waals surface area contributed by atoms with Crippen molar-refractivity contribution in [1.29, 1.82) is 0 Å². The van der Waals surface area contributed by atoms with Crippen LogP contribution in [0, 0.1) is 6.92 Å². The third kappa shape index (κ3) is 3.99. The summed E-state index contributed by atoms with van der Waals surface area (Å²) in [6.07, 6.45) is 5.43. The number of rotatable bonds is 5. The second-order valence-corrected chi connectivity index (χ2v) is 6.49. The van der Waals surface area contributed by atoms with Gasteiger partial charge in [0.2, 0.25) is 10.0 Å². The van der Waals surface area contributed by atoms with Gasteiger partial charge in [-0.25, -0.2) is 13.1 Å². The van der Waals surface area contributed by atoms with Crippen LogP contribution >= 0.6 is 0 Å². The van der Waals surface area contributed by atoms with Crippen molar-refractivity contribution in [2.75, 3.05) is 17.0 Å². The molecule has 1 unspecified atom stereocenters. The van der Waals surface area contributed by atoms with Gasteiger partial charge < -0.3 is 9.73 Å². The van der Waals surface area contributed by atoms with Crippen molar-refractivity contribution in [2.24, 2.45) is 0 Å². The number of oxazole rings is 1. The molecule has 1 atom stereocenters. The van der Waals surface area contributed by atoms with Crippen molar-refractivity contribution in [3.63, 3.8) is 0 Å². The molecule has 1 aromatic rings. The zero-order chi connectivity index (χ0) is 13.0. The van der Waals surface area contributed by atoms with Gasteiger partial charge in [-0.3, -0.25) is 0 Å². The molecule has 2 rings (SSSR count). The lowest BCUT2D eigenvalue weighted by atomic mass is 10.0. The quantitative estimate of drug-likeness (QED) is 0.843. The maximum atomic E-state index is 11.8. The predicted molar refractivity (Wildman–Crippen MR) is 68.9 cm³/mol. The van der Waals surface area contributed by atoms with E-state index in [4.69, 9.17) is 4.42 Å². The minimum absolute atomic E-state index is 0.0455. The normalized spacial score (nSPS) is 20.8. The van der Waals surface area contributed by atoms with Gasteiger partial charge in [0.25, 0.3) is 0 Å². The Balaban J connectivity index is 1.83. The van der Waals surface area contributed by atoms with E-state index >= 15 is 0 Å². The summed E-state index contributed by atoms with van der Waals surface area (Å²) in [5, 5.41) is 3.33. The Labute approximate surface area is 107 Å². The molecular formula is C11H19N3O3S. The van der Waals surface area contributed by atoms with Crippen LogP contribution in [0.4, 0.5) is 6.01 Å². The summed E-state index contributed by atoms with van der Waals surface area (Å²) in [4.78, 5) is 3.92. The monoisotopic (exact) mass is 273 g/mol. The lowest BCUT2D eigenvalue weighted by Crippen LogP contribution is -2.36. The highest BCUT2D eigenvalue weighted by Gasteiger charge is 2.18. The first kappa shape index (κ1) is 13.4. The fourth-order valence-corrected chi connectivity index (χ4v) is 3.11. The predicted octanol–water partition coefficient (Wildman–Crippen LogP) is 1.26. The van der Waals surface area contributed by atoms with Gasteiger partial charge in [-0.1, -0.05) is 6.42 Å². The smallest absolute Gasteiger partial charge is 0.308 e. The Bertz CT molecular complexity index is 477. The van der Waals surface area contributed by atoms with E-state index in [1.165, 1.54) is 19.1 Å². The minimum Gasteiger partial charge on any atom is -0.431 e. The van der Waals surface area contributed by atoms with E-state index in [-0.39, 0.29) is 11.8 Å². The molecule has 0 aromatic carbocycles. The Morgan fingerprint density at radius 1 is 1.56 bits per heavy atom. The average Bonchev–Trinajstić information content (AvgIpc) is 2.73. The number of hydrogen-bond acceptors (Lipinski definition) is 5. The van der Waals surface area contributed by atoms with Crippen molar-refractivity contribution < 1.29 is 12.8 Å². The Kier molecular flexibility index (Phi) is 4.23. The summed E-state index contributed by atoms with van der Waals surface area (Å²) in [5.41, 5.74) is 0.654. The summed E-state index contributed by atoms with van der Waals surface area (Å²) in [6, 6.07) is 0.353. The van der Waals surface area contributed by atoms with Crippen LogP contribution in [0.15, 0.2) is 10.7 Å². The molecule has 6 nitrogen and oxygen atoms in total. The molecule has 0 spiro atoms. The number of hydrogen-bond donors (Lipinski definition) is 2. The largest absolute Gasteiger partial charge is 0.431 e. The van der Waals surface area contributed by atoms with E-state index in [9.17, 15) is 8.42 Å². The second-order valence-electron chi connectivity index (χ2n) is 4.65. The molecule has 18 heavy (non-hydrogen) atoms. The zero-order valence-electron chi connectivity index (χ0n) is 10.5. The molecule has 0 aliphatic carbocycles. The Hall–Kier alpha value is -1.08. The van der Waals surface area contributed by atoms with Crippen LogP contribution in [0.3, 0.4) is 0 Å². The van der Waals surface area contributed by atoms with Gasteiger partial charge in [-0.15, -0.1) is 0 Å². The number of aryl methyl sites for hydroxylation is 1. The molecule has 1 aliphatic heterocycles. The van der Waals surface area contributed by atoms with E-state index < -0.39 is 10.0 Å². The first-order valence-corrected chi connectivity index (χ1v) is 7.86. The summed E-state index contributed by atoms with van der Waals surface area (Å²) in [5.74, 6) is 0.0894. The van der Waals surface area contributed by atoms with E-state index in [0.29, 0.717) is 18.2 Å². The average molecular weight is 273 g/mol. The third-order valence-corrected chi connectivity index (χ3v) is 4.27. The fraction of sp³-hybridized carbons (Fsp3) is 0.727. The molecule has 7 heteroatoms. The molecule has 0 amide bonds. The van der Waals surface area contributed by atoms with Gasteiger partial charge >= 0.3 is 6.01 Å². The molecule has 1 aromatic heterocycles. The topological polar surface area (TPSA) is 84.2 Å². The molecule has 1 saturated heterocycles. The first-order valence-electron chi connectivity index (χ1n) is 6.21. The number of nitrogens with one attached hydrogen (secondary N) is 2. The van der Waals surface area contributed by atoms with Crippen molar-refractivity contribution in [2.45, 2.75) is 38.6 Å². The first-order chi connectivity index (χ1) is 8.55. The van der Waals surface area contributed by atoms with Crippen molar-refractivity contribution >= 4 is 16.0 Å². The van der Waals surface area contributed by atoms with E-state index in [1.54, 1.807) is 6.92 Å². The van der Waals surface area contributed by atoms with Crippen LogP contribution in [0.1, 0.15) is 31.4 Å². The molecule has 0 saturated carbocycles. The van der Waals surface area contributed by atoms with Gasteiger partial charge in [0.15, 0.2) is 0 Å². The maximum Gasteiger partial charge on any atom is 0.308 e.